The van der Waals surface area contributed by atoms with E-state index >= 15 is 0 Å². The van der Waals surface area contributed by atoms with Crippen LogP contribution in [0.1, 0.15) is 129 Å². The van der Waals surface area contributed by atoms with Gasteiger partial charge in [0, 0.05) is 6.42 Å². The van der Waals surface area contributed by atoms with E-state index in [1.807, 2.05) is 0 Å². The molecule has 1 aliphatic heterocycles. The lowest BCUT2D eigenvalue weighted by atomic mass is 9.99. The number of carbonyl (C=O) groups excluding carboxylic acids is 1. The molecule has 1 fully saturated rings. The number of aliphatic hydroxyl groups is 4. The van der Waals surface area contributed by atoms with Gasteiger partial charge in [0.25, 0.3) is 0 Å². The molecule has 0 aromatic carbocycles. The van der Waals surface area contributed by atoms with Gasteiger partial charge in [-0.1, -0.05) is 139 Å². The number of rotatable bonds is 31. The highest BCUT2D eigenvalue weighted by Crippen LogP contribution is 2.22. The summed E-state index contributed by atoms with van der Waals surface area (Å²) in [5.41, 5.74) is 0. The highest BCUT2D eigenvalue weighted by molar-refractivity contribution is 5.69. The van der Waals surface area contributed by atoms with Crippen LogP contribution in [0.3, 0.4) is 0 Å². The van der Waals surface area contributed by atoms with Crippen LogP contribution < -0.4 is 0 Å². The molecule has 288 valence electrons. The molecule has 0 saturated carbocycles. The van der Waals surface area contributed by atoms with E-state index in [4.69, 9.17) is 18.9 Å². The Hall–Kier alpha value is -2.11. The number of aliphatic hydroxyl groups excluding tert-OH is 4. The highest BCUT2D eigenvalue weighted by Gasteiger charge is 2.44. The van der Waals surface area contributed by atoms with Crippen LogP contribution in [0.4, 0.5) is 0 Å². The van der Waals surface area contributed by atoms with Crippen molar-refractivity contribution < 1.29 is 44.2 Å². The Labute approximate surface area is 303 Å². The first-order valence-electron chi connectivity index (χ1n) is 19.4. The second-order valence-electron chi connectivity index (χ2n) is 13.0. The van der Waals surface area contributed by atoms with Gasteiger partial charge in [-0.05, 0) is 44.9 Å². The predicted octanol–water partition coefficient (Wildman–Crippen LogP) is 7.57. The number of allylic oxidation sites excluding steroid dienone is 9. The summed E-state index contributed by atoms with van der Waals surface area (Å²) in [4.78, 5) is 12.7. The topological polar surface area (TPSA) is 135 Å². The quantitative estimate of drug-likeness (QED) is 0.0327. The monoisotopic (exact) mass is 707 g/mol. The first kappa shape index (κ1) is 45.9. The number of carbonyl (C=O) groups is 1. The van der Waals surface area contributed by atoms with Gasteiger partial charge in [-0.2, -0.15) is 0 Å². The zero-order chi connectivity index (χ0) is 36.5. The third kappa shape index (κ3) is 24.1. The summed E-state index contributed by atoms with van der Waals surface area (Å²) >= 11 is 0. The van der Waals surface area contributed by atoms with Gasteiger partial charge in [-0.15, -0.1) is 0 Å². The number of unbranched alkanes of at least 4 members (excludes halogenated alkanes) is 10. The van der Waals surface area contributed by atoms with Gasteiger partial charge >= 0.3 is 5.97 Å². The second-order valence-corrected chi connectivity index (χ2v) is 13.0. The average Bonchev–Trinajstić information content (AvgIpc) is 3.11. The molecule has 6 atom stereocenters. The van der Waals surface area contributed by atoms with Crippen LogP contribution in [0.2, 0.25) is 0 Å². The Morgan fingerprint density at radius 2 is 1.18 bits per heavy atom. The Morgan fingerprint density at radius 1 is 0.660 bits per heavy atom. The van der Waals surface area contributed by atoms with E-state index in [0.29, 0.717) is 19.4 Å². The summed E-state index contributed by atoms with van der Waals surface area (Å²) in [6.07, 6.45) is 32.7. The zero-order valence-corrected chi connectivity index (χ0v) is 31.1. The Kier molecular flexibility index (Phi) is 30.1. The molecule has 6 unspecified atom stereocenters. The summed E-state index contributed by atoms with van der Waals surface area (Å²) in [6.45, 7) is 4.19. The fourth-order valence-corrected chi connectivity index (χ4v) is 5.44. The molecule has 1 aliphatic rings. The van der Waals surface area contributed by atoms with Gasteiger partial charge < -0.3 is 39.4 Å². The zero-order valence-electron chi connectivity index (χ0n) is 31.1. The molecular weight excluding hydrogens is 636 g/mol. The summed E-state index contributed by atoms with van der Waals surface area (Å²) in [5, 5.41) is 39.9. The fourth-order valence-electron chi connectivity index (χ4n) is 5.44. The first-order chi connectivity index (χ1) is 24.4. The normalized spacial score (nSPS) is 22.2. The minimum atomic E-state index is -1.55. The second kappa shape index (κ2) is 32.8. The van der Waals surface area contributed by atoms with Crippen molar-refractivity contribution in [2.45, 2.75) is 166 Å². The minimum Gasteiger partial charge on any atom is -0.457 e. The van der Waals surface area contributed by atoms with Gasteiger partial charge in [0.1, 0.15) is 30.5 Å². The van der Waals surface area contributed by atoms with E-state index in [1.54, 1.807) is 0 Å². The molecule has 9 nitrogen and oxygen atoms in total. The Bertz CT molecular complexity index is 942. The lowest BCUT2D eigenvalue weighted by molar-refractivity contribution is -0.305. The van der Waals surface area contributed by atoms with Crippen molar-refractivity contribution in [3.8, 4) is 0 Å². The van der Waals surface area contributed by atoms with Crippen molar-refractivity contribution in [3.05, 3.63) is 60.8 Å². The Balaban J connectivity index is 2.39. The number of hydrogen-bond donors (Lipinski definition) is 4. The van der Waals surface area contributed by atoms with Gasteiger partial charge in [0.05, 0.1) is 26.4 Å². The molecular formula is C41H70O9. The third-order valence-electron chi connectivity index (χ3n) is 8.47. The van der Waals surface area contributed by atoms with E-state index in [1.165, 1.54) is 51.4 Å². The van der Waals surface area contributed by atoms with Gasteiger partial charge in [0.2, 0.25) is 0 Å². The molecule has 1 heterocycles. The molecule has 0 aromatic heterocycles. The maximum absolute atomic E-state index is 12.7. The van der Waals surface area contributed by atoms with Crippen molar-refractivity contribution in [2.24, 2.45) is 0 Å². The van der Waals surface area contributed by atoms with Crippen molar-refractivity contribution in [2.75, 3.05) is 26.4 Å². The third-order valence-corrected chi connectivity index (χ3v) is 8.47. The first-order valence-corrected chi connectivity index (χ1v) is 19.4. The molecule has 1 saturated heterocycles. The molecule has 0 spiro atoms. The molecule has 0 aromatic rings. The van der Waals surface area contributed by atoms with Crippen molar-refractivity contribution in [1.82, 2.24) is 0 Å². The lowest BCUT2D eigenvalue weighted by Gasteiger charge is -2.39. The molecule has 0 aliphatic carbocycles. The highest BCUT2D eigenvalue weighted by atomic mass is 16.7. The maximum atomic E-state index is 12.7. The predicted molar refractivity (Wildman–Crippen MR) is 201 cm³/mol. The molecule has 0 amide bonds. The van der Waals surface area contributed by atoms with Gasteiger partial charge in [-0.25, -0.2) is 0 Å². The van der Waals surface area contributed by atoms with Crippen LogP contribution in [-0.4, -0.2) is 89.6 Å². The molecule has 0 bridgehead atoms. The molecule has 1 rings (SSSR count). The maximum Gasteiger partial charge on any atom is 0.306 e. The summed E-state index contributed by atoms with van der Waals surface area (Å²) in [5.74, 6) is -0.343. The Morgan fingerprint density at radius 3 is 1.72 bits per heavy atom. The van der Waals surface area contributed by atoms with E-state index < -0.39 is 43.4 Å². The van der Waals surface area contributed by atoms with Gasteiger partial charge in [0.15, 0.2) is 6.29 Å². The molecule has 0 radical (unpaired) electrons. The van der Waals surface area contributed by atoms with Crippen LogP contribution >= 0.6 is 0 Å². The summed E-state index contributed by atoms with van der Waals surface area (Å²) in [6, 6.07) is 0. The number of esters is 1. The van der Waals surface area contributed by atoms with Gasteiger partial charge in [-0.3, -0.25) is 4.79 Å². The molecule has 50 heavy (non-hydrogen) atoms. The van der Waals surface area contributed by atoms with Crippen molar-refractivity contribution in [3.63, 3.8) is 0 Å². The van der Waals surface area contributed by atoms with Crippen LogP contribution in [0.5, 0.6) is 0 Å². The lowest BCUT2D eigenvalue weighted by Crippen LogP contribution is -2.59. The van der Waals surface area contributed by atoms with E-state index in [2.05, 4.69) is 74.6 Å². The van der Waals surface area contributed by atoms with Crippen molar-refractivity contribution >= 4 is 5.97 Å². The van der Waals surface area contributed by atoms with E-state index in [-0.39, 0.29) is 19.2 Å². The van der Waals surface area contributed by atoms with Crippen LogP contribution in [0.25, 0.3) is 0 Å². The van der Waals surface area contributed by atoms with E-state index in [0.717, 1.165) is 51.4 Å². The fraction of sp³-hybridized carbons (Fsp3) is 0.732. The molecule has 9 heteroatoms. The van der Waals surface area contributed by atoms with Crippen LogP contribution in [0.15, 0.2) is 60.8 Å². The van der Waals surface area contributed by atoms with E-state index in [9.17, 15) is 25.2 Å². The van der Waals surface area contributed by atoms with Crippen LogP contribution in [-0.2, 0) is 23.7 Å². The van der Waals surface area contributed by atoms with Crippen molar-refractivity contribution in [1.29, 1.82) is 0 Å². The van der Waals surface area contributed by atoms with Crippen LogP contribution in [0, 0.1) is 0 Å². The number of ether oxygens (including phenoxy) is 4. The molecule has 4 N–H and O–H groups in total. The minimum absolute atomic E-state index is 0.0894. The summed E-state index contributed by atoms with van der Waals surface area (Å²) < 4.78 is 22.6. The average molecular weight is 707 g/mol. The number of hydrogen-bond acceptors (Lipinski definition) is 9. The SMILES string of the molecule is CC/C=C\C/C=C\C/C=C\C/C=C\C/C=C\CCOCC(COC1OC(CO)C(O)C(O)C1O)OC(=O)CCCCCCCCCCCCC. The largest absolute Gasteiger partial charge is 0.457 e. The summed E-state index contributed by atoms with van der Waals surface area (Å²) in [7, 11) is 0. The smallest absolute Gasteiger partial charge is 0.306 e. The standard InChI is InChI=1S/C41H70O9/c1-3-5-7-9-11-13-15-16-17-18-19-21-23-25-27-29-31-47-33-35(34-48-41-40(46)39(45)38(44)36(32-42)50-41)49-37(43)30-28-26-24-22-20-14-12-10-8-6-4-2/h5,7,11,13,16-17,19,21,25,27,35-36,38-42,44-46H,3-4,6,8-10,12,14-15,18,20,22-24,26,28-34H2,1-2H3/b7-5-,13-11-,17-16-,21-19-,27-25-.